The lowest BCUT2D eigenvalue weighted by Crippen LogP contribution is -2.16. The van der Waals surface area contributed by atoms with Gasteiger partial charge in [0, 0.05) is 11.1 Å². The first kappa shape index (κ1) is 22.7. The number of benzene rings is 3. The number of carboxylic acid groups (broad SMARTS) is 1. The van der Waals surface area contributed by atoms with Crippen molar-refractivity contribution in [2.45, 2.75) is 31.3 Å². The van der Waals surface area contributed by atoms with Crippen LogP contribution >= 0.6 is 11.6 Å². The van der Waals surface area contributed by atoms with E-state index in [4.69, 9.17) is 21.4 Å². The van der Waals surface area contributed by atoms with Gasteiger partial charge in [0.1, 0.15) is 12.4 Å². The first-order chi connectivity index (χ1) is 14.7. The molecule has 0 bridgehead atoms. The first-order valence-corrected chi connectivity index (χ1v) is 11.4. The number of anilines is 1. The maximum atomic E-state index is 13.1. The molecule has 8 heteroatoms. The van der Waals surface area contributed by atoms with Gasteiger partial charge in [-0.2, -0.15) is 0 Å². The number of carboxylic acids is 1. The fourth-order valence-electron chi connectivity index (χ4n) is 3.01. The summed E-state index contributed by atoms with van der Waals surface area (Å²) in [7, 11) is -3.86. The number of sulfonamides is 1. The van der Waals surface area contributed by atoms with Crippen LogP contribution in [0.1, 0.15) is 41.3 Å². The van der Waals surface area contributed by atoms with E-state index in [2.05, 4.69) is 4.72 Å². The lowest BCUT2D eigenvalue weighted by molar-refractivity contribution is 0.0697. The Morgan fingerprint density at radius 3 is 2.39 bits per heavy atom. The van der Waals surface area contributed by atoms with E-state index in [9.17, 15) is 13.2 Å². The fraction of sp³-hybridized carbons (Fsp3) is 0.174. The van der Waals surface area contributed by atoms with Gasteiger partial charge in [-0.3, -0.25) is 4.72 Å². The van der Waals surface area contributed by atoms with E-state index < -0.39 is 16.0 Å². The average molecular weight is 460 g/mol. The van der Waals surface area contributed by atoms with E-state index in [-0.39, 0.29) is 34.4 Å². The van der Waals surface area contributed by atoms with E-state index in [0.717, 1.165) is 5.56 Å². The summed E-state index contributed by atoms with van der Waals surface area (Å²) in [6, 6.07) is 17.7. The average Bonchev–Trinajstić information content (AvgIpc) is 2.74. The van der Waals surface area contributed by atoms with E-state index in [1.807, 2.05) is 13.8 Å². The van der Waals surface area contributed by atoms with Gasteiger partial charge in [0.25, 0.3) is 10.0 Å². The van der Waals surface area contributed by atoms with Gasteiger partial charge in [-0.15, -0.1) is 0 Å². The summed E-state index contributed by atoms with van der Waals surface area (Å²) >= 11 is 6.09. The Hall–Kier alpha value is -3.03. The first-order valence-electron chi connectivity index (χ1n) is 9.53. The van der Waals surface area contributed by atoms with Gasteiger partial charge in [-0.1, -0.05) is 55.8 Å². The molecule has 0 aromatic heterocycles. The van der Waals surface area contributed by atoms with Crippen molar-refractivity contribution in [1.82, 2.24) is 0 Å². The molecule has 0 radical (unpaired) electrons. The zero-order valence-corrected chi connectivity index (χ0v) is 18.6. The van der Waals surface area contributed by atoms with Crippen LogP contribution in [0.25, 0.3) is 0 Å². The molecule has 6 nitrogen and oxygen atoms in total. The van der Waals surface area contributed by atoms with E-state index >= 15 is 0 Å². The SMILES string of the molecule is CC(C)c1ccccc1S(=O)(=O)Nc1ccc(Cl)cc1OCc1ccc(C(=O)O)cc1. The van der Waals surface area contributed by atoms with Gasteiger partial charge in [0.05, 0.1) is 16.1 Å². The Labute approximate surface area is 186 Å². The molecule has 0 aliphatic carbocycles. The van der Waals surface area contributed by atoms with Crippen LogP contribution in [0.3, 0.4) is 0 Å². The molecule has 0 atom stereocenters. The minimum atomic E-state index is -3.86. The number of hydrogen-bond acceptors (Lipinski definition) is 4. The molecule has 0 fully saturated rings. The summed E-state index contributed by atoms with van der Waals surface area (Å²) < 4.78 is 34.6. The van der Waals surface area contributed by atoms with Crippen LogP contribution in [0.2, 0.25) is 5.02 Å². The Morgan fingerprint density at radius 2 is 1.74 bits per heavy atom. The van der Waals surface area contributed by atoms with Gasteiger partial charge >= 0.3 is 5.97 Å². The zero-order chi connectivity index (χ0) is 22.6. The maximum absolute atomic E-state index is 13.1. The number of rotatable bonds is 8. The standard InChI is InChI=1S/C23H22ClNO5S/c1-15(2)19-5-3-4-6-22(19)31(28,29)25-20-12-11-18(24)13-21(20)30-14-16-7-9-17(10-8-16)23(26)27/h3-13,15,25H,14H2,1-2H3,(H,26,27). The zero-order valence-electron chi connectivity index (χ0n) is 17.0. The molecular weight excluding hydrogens is 438 g/mol. The van der Waals surface area contributed by atoms with Gasteiger partial charge in [0.2, 0.25) is 0 Å². The molecular formula is C23H22ClNO5S. The highest BCUT2D eigenvalue weighted by atomic mass is 35.5. The molecule has 0 spiro atoms. The molecule has 0 amide bonds. The van der Waals surface area contributed by atoms with Crippen LogP contribution in [-0.4, -0.2) is 19.5 Å². The van der Waals surface area contributed by atoms with Crippen molar-refractivity contribution < 1.29 is 23.1 Å². The molecule has 0 unspecified atom stereocenters. The Morgan fingerprint density at radius 1 is 1.06 bits per heavy atom. The second-order valence-corrected chi connectivity index (χ2v) is 9.32. The third kappa shape index (κ3) is 5.57. The van der Waals surface area contributed by atoms with Crippen LogP contribution < -0.4 is 9.46 Å². The molecule has 3 aromatic rings. The second kappa shape index (κ2) is 9.41. The van der Waals surface area contributed by atoms with Crippen molar-refractivity contribution in [1.29, 1.82) is 0 Å². The van der Waals surface area contributed by atoms with Crippen LogP contribution in [-0.2, 0) is 16.6 Å². The van der Waals surface area contributed by atoms with E-state index in [1.165, 1.54) is 18.2 Å². The molecule has 0 saturated carbocycles. The normalized spacial score (nSPS) is 11.4. The highest BCUT2D eigenvalue weighted by molar-refractivity contribution is 7.92. The van der Waals surface area contributed by atoms with Gasteiger partial charge in [-0.05, 0) is 47.4 Å². The summed E-state index contributed by atoms with van der Waals surface area (Å²) in [6.07, 6.45) is 0. The lowest BCUT2D eigenvalue weighted by atomic mass is 10.0. The summed E-state index contributed by atoms with van der Waals surface area (Å²) in [5.74, 6) is -0.719. The topological polar surface area (TPSA) is 92.7 Å². The molecule has 162 valence electrons. The van der Waals surface area contributed by atoms with E-state index in [0.29, 0.717) is 10.6 Å². The van der Waals surface area contributed by atoms with Crippen molar-refractivity contribution >= 4 is 33.3 Å². The summed E-state index contributed by atoms with van der Waals surface area (Å²) in [4.78, 5) is 11.2. The number of halogens is 1. The fourth-order valence-corrected chi connectivity index (χ4v) is 4.61. The van der Waals surface area contributed by atoms with Gasteiger partial charge < -0.3 is 9.84 Å². The van der Waals surface area contributed by atoms with E-state index in [1.54, 1.807) is 48.5 Å². The predicted molar refractivity (Wildman–Crippen MR) is 121 cm³/mol. The number of carbonyl (C=O) groups is 1. The van der Waals surface area contributed by atoms with Crippen LogP contribution in [0.4, 0.5) is 5.69 Å². The molecule has 3 rings (SSSR count). The monoisotopic (exact) mass is 459 g/mol. The largest absolute Gasteiger partial charge is 0.487 e. The smallest absolute Gasteiger partial charge is 0.335 e. The van der Waals surface area contributed by atoms with Crippen molar-refractivity contribution in [3.8, 4) is 5.75 Å². The Bertz CT molecular complexity index is 1190. The third-order valence-electron chi connectivity index (χ3n) is 4.61. The predicted octanol–water partition coefficient (Wildman–Crippen LogP) is 5.54. The molecule has 0 aliphatic heterocycles. The number of aromatic carboxylic acids is 1. The highest BCUT2D eigenvalue weighted by Gasteiger charge is 2.21. The molecule has 3 aromatic carbocycles. The molecule has 0 heterocycles. The van der Waals surface area contributed by atoms with Crippen molar-refractivity contribution in [3.63, 3.8) is 0 Å². The van der Waals surface area contributed by atoms with Crippen molar-refractivity contribution in [2.24, 2.45) is 0 Å². The van der Waals surface area contributed by atoms with Crippen LogP contribution in [0.15, 0.2) is 71.6 Å². The summed E-state index contributed by atoms with van der Waals surface area (Å²) in [6.45, 7) is 3.97. The second-order valence-electron chi connectivity index (χ2n) is 7.23. The van der Waals surface area contributed by atoms with Crippen molar-refractivity contribution in [2.75, 3.05) is 4.72 Å². The summed E-state index contributed by atoms with van der Waals surface area (Å²) in [5.41, 5.74) is 1.86. The van der Waals surface area contributed by atoms with Gasteiger partial charge in [0.15, 0.2) is 0 Å². The minimum absolute atomic E-state index is 0.0301. The number of hydrogen-bond donors (Lipinski definition) is 2. The molecule has 2 N–H and O–H groups in total. The third-order valence-corrected chi connectivity index (χ3v) is 6.29. The van der Waals surface area contributed by atoms with Gasteiger partial charge in [-0.25, -0.2) is 13.2 Å². The van der Waals surface area contributed by atoms with Crippen molar-refractivity contribution in [3.05, 3.63) is 88.4 Å². The molecule has 0 aliphatic rings. The lowest BCUT2D eigenvalue weighted by Gasteiger charge is -2.17. The van der Waals surface area contributed by atoms with Crippen LogP contribution in [0.5, 0.6) is 5.75 Å². The maximum Gasteiger partial charge on any atom is 0.335 e. The highest BCUT2D eigenvalue weighted by Crippen LogP contribution is 2.32. The number of ether oxygens (including phenoxy) is 1. The summed E-state index contributed by atoms with van der Waals surface area (Å²) in [5, 5.41) is 9.39. The Balaban J connectivity index is 1.85. The minimum Gasteiger partial charge on any atom is -0.487 e. The Kier molecular flexibility index (Phi) is 6.87. The molecule has 31 heavy (non-hydrogen) atoms. The quantitative estimate of drug-likeness (QED) is 0.461. The molecule has 0 saturated heterocycles. The van der Waals surface area contributed by atoms with Crippen LogP contribution in [0, 0.1) is 0 Å². The number of nitrogens with one attached hydrogen (secondary N) is 1.